The Kier molecular flexibility index (Phi) is 4.46. The molecule has 2 rings (SSSR count). The topological polar surface area (TPSA) is 32.3 Å². The minimum Gasteiger partial charge on any atom is -0.385 e. The maximum absolute atomic E-state index is 12.2. The molecule has 1 N–H and O–H groups in total. The van der Waals surface area contributed by atoms with Crippen molar-refractivity contribution in [2.45, 2.75) is 26.7 Å². The van der Waals surface area contributed by atoms with Gasteiger partial charge >= 0.3 is 0 Å². The van der Waals surface area contributed by atoms with Crippen LogP contribution in [0.3, 0.4) is 0 Å². The van der Waals surface area contributed by atoms with E-state index in [1.54, 1.807) is 0 Å². The number of nitrogens with zero attached hydrogens (tertiary/aromatic N) is 1. The van der Waals surface area contributed by atoms with Crippen LogP contribution in [0.4, 0.5) is 5.69 Å². The lowest BCUT2D eigenvalue weighted by atomic mass is 10.1. The lowest BCUT2D eigenvalue weighted by Crippen LogP contribution is -2.29. The Balaban J connectivity index is 1.91. The standard InChI is InChI=1S/C16H24N2O/c1-4-9-17-15-7-5-13(6-8-15)16(19)18(3)11-14-10-12(14)2/h5-8,12,14,17H,4,9-11H2,1-3H3. The summed E-state index contributed by atoms with van der Waals surface area (Å²) in [6.07, 6.45) is 2.36. The largest absolute Gasteiger partial charge is 0.385 e. The molecule has 0 heterocycles. The number of anilines is 1. The average Bonchev–Trinajstić information content (AvgIpc) is 3.11. The van der Waals surface area contributed by atoms with E-state index in [0.717, 1.165) is 36.7 Å². The number of hydrogen-bond donors (Lipinski definition) is 1. The number of benzene rings is 1. The Morgan fingerprint density at radius 3 is 2.53 bits per heavy atom. The predicted molar refractivity (Wildman–Crippen MR) is 79.5 cm³/mol. The van der Waals surface area contributed by atoms with Gasteiger partial charge in [-0.2, -0.15) is 0 Å². The van der Waals surface area contributed by atoms with E-state index in [9.17, 15) is 4.79 Å². The molecule has 1 saturated carbocycles. The third kappa shape index (κ3) is 3.72. The van der Waals surface area contributed by atoms with Gasteiger partial charge in [0, 0.05) is 31.4 Å². The first-order chi connectivity index (χ1) is 9.11. The van der Waals surface area contributed by atoms with Crippen molar-refractivity contribution >= 4 is 11.6 Å². The molecular formula is C16H24N2O. The lowest BCUT2D eigenvalue weighted by Gasteiger charge is -2.17. The third-order valence-electron chi connectivity index (χ3n) is 3.84. The molecule has 3 heteroatoms. The highest BCUT2D eigenvalue weighted by atomic mass is 16.2. The van der Waals surface area contributed by atoms with Crippen molar-refractivity contribution in [3.8, 4) is 0 Å². The molecule has 0 saturated heterocycles. The number of nitrogens with one attached hydrogen (secondary N) is 1. The van der Waals surface area contributed by atoms with E-state index in [0.29, 0.717) is 5.92 Å². The van der Waals surface area contributed by atoms with Gasteiger partial charge in [0.05, 0.1) is 0 Å². The van der Waals surface area contributed by atoms with Gasteiger partial charge in [-0.15, -0.1) is 0 Å². The van der Waals surface area contributed by atoms with Crippen molar-refractivity contribution in [1.29, 1.82) is 0 Å². The smallest absolute Gasteiger partial charge is 0.253 e. The maximum Gasteiger partial charge on any atom is 0.253 e. The second-order valence-electron chi connectivity index (χ2n) is 5.66. The molecule has 0 radical (unpaired) electrons. The molecule has 3 nitrogen and oxygen atoms in total. The number of carbonyl (C=O) groups excluding carboxylic acids is 1. The van der Waals surface area contributed by atoms with Crippen LogP contribution < -0.4 is 5.32 Å². The minimum absolute atomic E-state index is 0.126. The first-order valence-electron chi connectivity index (χ1n) is 7.21. The molecule has 0 aromatic heterocycles. The summed E-state index contributed by atoms with van der Waals surface area (Å²) in [4.78, 5) is 14.1. The maximum atomic E-state index is 12.2. The summed E-state index contributed by atoms with van der Waals surface area (Å²) in [5, 5.41) is 3.31. The van der Waals surface area contributed by atoms with E-state index in [1.807, 2.05) is 36.2 Å². The van der Waals surface area contributed by atoms with Crippen molar-refractivity contribution in [1.82, 2.24) is 4.90 Å². The fourth-order valence-electron chi connectivity index (χ4n) is 2.31. The van der Waals surface area contributed by atoms with Crippen molar-refractivity contribution in [2.24, 2.45) is 11.8 Å². The van der Waals surface area contributed by atoms with Gasteiger partial charge in [0.2, 0.25) is 0 Å². The van der Waals surface area contributed by atoms with Gasteiger partial charge in [0.15, 0.2) is 0 Å². The van der Waals surface area contributed by atoms with Crippen molar-refractivity contribution < 1.29 is 4.79 Å². The summed E-state index contributed by atoms with van der Waals surface area (Å²) in [5.41, 5.74) is 1.86. The van der Waals surface area contributed by atoms with E-state index in [1.165, 1.54) is 6.42 Å². The molecule has 104 valence electrons. The van der Waals surface area contributed by atoms with Crippen LogP contribution in [0.15, 0.2) is 24.3 Å². The Bertz CT molecular complexity index is 427. The predicted octanol–water partition coefficient (Wildman–Crippen LogP) is 3.24. The minimum atomic E-state index is 0.126. The van der Waals surface area contributed by atoms with E-state index < -0.39 is 0 Å². The molecule has 1 aliphatic carbocycles. The molecule has 1 aromatic rings. The highest BCUT2D eigenvalue weighted by molar-refractivity contribution is 5.94. The van der Waals surface area contributed by atoms with Gasteiger partial charge in [-0.1, -0.05) is 13.8 Å². The zero-order valence-electron chi connectivity index (χ0n) is 12.1. The van der Waals surface area contributed by atoms with Gasteiger partial charge in [-0.05, 0) is 48.9 Å². The number of hydrogen-bond acceptors (Lipinski definition) is 2. The molecule has 1 fully saturated rings. The van der Waals surface area contributed by atoms with Crippen LogP contribution in [-0.2, 0) is 0 Å². The number of rotatable bonds is 6. The Morgan fingerprint density at radius 2 is 2.00 bits per heavy atom. The molecule has 1 aromatic carbocycles. The van der Waals surface area contributed by atoms with Gasteiger partial charge in [0.1, 0.15) is 0 Å². The van der Waals surface area contributed by atoms with E-state index in [-0.39, 0.29) is 5.91 Å². The van der Waals surface area contributed by atoms with Gasteiger partial charge in [-0.25, -0.2) is 0 Å². The molecule has 2 atom stereocenters. The zero-order valence-corrected chi connectivity index (χ0v) is 12.1. The summed E-state index contributed by atoms with van der Waals surface area (Å²) in [6.45, 7) is 6.23. The summed E-state index contributed by atoms with van der Waals surface area (Å²) in [7, 11) is 1.90. The summed E-state index contributed by atoms with van der Waals surface area (Å²) < 4.78 is 0. The second kappa shape index (κ2) is 6.09. The van der Waals surface area contributed by atoms with Crippen LogP contribution in [-0.4, -0.2) is 30.9 Å². The zero-order chi connectivity index (χ0) is 13.8. The fraction of sp³-hybridized carbons (Fsp3) is 0.562. The number of carbonyl (C=O) groups is 1. The highest BCUT2D eigenvalue weighted by Gasteiger charge is 2.34. The van der Waals surface area contributed by atoms with E-state index in [4.69, 9.17) is 0 Å². The molecule has 1 amide bonds. The van der Waals surface area contributed by atoms with Crippen LogP contribution in [0.25, 0.3) is 0 Å². The molecular weight excluding hydrogens is 236 g/mol. The number of amides is 1. The van der Waals surface area contributed by atoms with Gasteiger partial charge in [-0.3, -0.25) is 4.79 Å². The highest BCUT2D eigenvalue weighted by Crippen LogP contribution is 2.38. The molecule has 0 aliphatic heterocycles. The molecule has 19 heavy (non-hydrogen) atoms. The van der Waals surface area contributed by atoms with Crippen molar-refractivity contribution in [2.75, 3.05) is 25.5 Å². The molecule has 2 unspecified atom stereocenters. The molecule has 0 spiro atoms. The summed E-state index contributed by atoms with van der Waals surface area (Å²) in [6, 6.07) is 7.78. The normalized spacial score (nSPS) is 21.0. The second-order valence-corrected chi connectivity index (χ2v) is 5.66. The lowest BCUT2D eigenvalue weighted by molar-refractivity contribution is 0.0787. The SMILES string of the molecule is CCCNc1ccc(C(=O)N(C)CC2CC2C)cc1. The van der Waals surface area contributed by atoms with Crippen LogP contribution >= 0.6 is 0 Å². The van der Waals surface area contributed by atoms with E-state index >= 15 is 0 Å². The summed E-state index contributed by atoms with van der Waals surface area (Å²) in [5.74, 6) is 1.62. The Morgan fingerprint density at radius 1 is 1.37 bits per heavy atom. The van der Waals surface area contributed by atoms with Crippen LogP contribution in [0.1, 0.15) is 37.0 Å². The van der Waals surface area contributed by atoms with E-state index in [2.05, 4.69) is 19.2 Å². The van der Waals surface area contributed by atoms with Gasteiger partial charge in [0.25, 0.3) is 5.91 Å². The monoisotopic (exact) mass is 260 g/mol. The Labute approximate surface area is 116 Å². The Hall–Kier alpha value is -1.51. The first kappa shape index (κ1) is 13.9. The fourth-order valence-corrected chi connectivity index (χ4v) is 2.31. The van der Waals surface area contributed by atoms with Crippen LogP contribution in [0, 0.1) is 11.8 Å². The third-order valence-corrected chi connectivity index (χ3v) is 3.84. The average molecular weight is 260 g/mol. The quantitative estimate of drug-likeness (QED) is 0.851. The molecule has 1 aliphatic rings. The van der Waals surface area contributed by atoms with Crippen molar-refractivity contribution in [3.63, 3.8) is 0 Å². The first-order valence-corrected chi connectivity index (χ1v) is 7.21. The summed E-state index contributed by atoms with van der Waals surface area (Å²) >= 11 is 0. The van der Waals surface area contributed by atoms with Crippen molar-refractivity contribution in [3.05, 3.63) is 29.8 Å². The van der Waals surface area contributed by atoms with Crippen LogP contribution in [0.5, 0.6) is 0 Å². The molecule has 0 bridgehead atoms. The van der Waals surface area contributed by atoms with Crippen LogP contribution in [0.2, 0.25) is 0 Å². The van der Waals surface area contributed by atoms with Gasteiger partial charge < -0.3 is 10.2 Å².